The maximum Gasteiger partial charge on any atom is 0.228 e. The van der Waals surface area contributed by atoms with E-state index in [0.717, 1.165) is 18.9 Å². The van der Waals surface area contributed by atoms with E-state index in [-0.39, 0.29) is 11.3 Å². The molecule has 0 aliphatic carbocycles. The fraction of sp³-hybridized carbons (Fsp3) is 0.615. The number of carbonyl (C=O) groups excluding carboxylic acids is 1. The van der Waals surface area contributed by atoms with Crippen LogP contribution in [0.2, 0.25) is 5.02 Å². The minimum absolute atomic E-state index is 0.195. The fourth-order valence-electron chi connectivity index (χ4n) is 2.13. The lowest BCUT2D eigenvalue weighted by Crippen LogP contribution is -2.51. The smallest absolute Gasteiger partial charge is 0.228 e. The van der Waals surface area contributed by atoms with Crippen LogP contribution in [0.3, 0.4) is 0 Å². The first-order valence-electron chi connectivity index (χ1n) is 6.39. The molecule has 1 amide bonds. The summed E-state index contributed by atoms with van der Waals surface area (Å²) in [6, 6.07) is 0. The molecule has 0 atom stereocenters. The largest absolute Gasteiger partial charge is 0.352 e. The molecular weight excluding hydrogens is 264 g/mol. The highest BCUT2D eigenvalue weighted by atomic mass is 35.5. The van der Waals surface area contributed by atoms with Crippen LogP contribution < -0.4 is 4.90 Å². The van der Waals surface area contributed by atoms with Gasteiger partial charge in [-0.05, 0) is 0 Å². The average Bonchev–Trinajstić information content (AvgIpc) is 2.38. The Hall–Kier alpha value is -1.36. The Morgan fingerprint density at radius 2 is 1.89 bits per heavy atom. The van der Waals surface area contributed by atoms with Gasteiger partial charge in [0.05, 0.1) is 6.20 Å². The van der Waals surface area contributed by atoms with Crippen LogP contribution in [0.25, 0.3) is 0 Å². The lowest BCUT2D eigenvalue weighted by molar-refractivity contribution is -0.139. The summed E-state index contributed by atoms with van der Waals surface area (Å²) in [5.41, 5.74) is -0.325. The molecule has 1 aromatic rings. The third-order valence-electron chi connectivity index (χ3n) is 3.16. The van der Waals surface area contributed by atoms with Crippen LogP contribution in [0.1, 0.15) is 20.8 Å². The van der Waals surface area contributed by atoms with E-state index >= 15 is 0 Å². The van der Waals surface area contributed by atoms with Gasteiger partial charge in [0.15, 0.2) is 5.82 Å². The van der Waals surface area contributed by atoms with E-state index in [1.54, 1.807) is 6.20 Å². The van der Waals surface area contributed by atoms with Crippen molar-refractivity contribution in [2.24, 2.45) is 5.41 Å². The molecular formula is C13H19ClN4O. The van der Waals surface area contributed by atoms with Gasteiger partial charge in [-0.25, -0.2) is 9.97 Å². The number of halogens is 1. The summed E-state index contributed by atoms with van der Waals surface area (Å²) in [6.45, 7) is 8.75. The number of carbonyl (C=O) groups is 1. The van der Waals surface area contributed by atoms with E-state index in [9.17, 15) is 4.79 Å². The van der Waals surface area contributed by atoms with Crippen molar-refractivity contribution in [3.63, 3.8) is 0 Å². The van der Waals surface area contributed by atoms with Crippen molar-refractivity contribution in [2.75, 3.05) is 31.1 Å². The normalized spacial score (nSPS) is 16.6. The molecule has 0 spiro atoms. The minimum Gasteiger partial charge on any atom is -0.352 e. The first kappa shape index (κ1) is 14.1. The van der Waals surface area contributed by atoms with Crippen LogP contribution in [0, 0.1) is 5.41 Å². The van der Waals surface area contributed by atoms with E-state index in [1.165, 1.54) is 6.33 Å². The summed E-state index contributed by atoms with van der Waals surface area (Å²) in [6.07, 6.45) is 3.09. The molecule has 2 rings (SSSR count). The highest BCUT2D eigenvalue weighted by Gasteiger charge is 2.30. The Kier molecular flexibility index (Phi) is 3.94. The number of hydrogen-bond acceptors (Lipinski definition) is 4. The van der Waals surface area contributed by atoms with Gasteiger partial charge in [0.25, 0.3) is 0 Å². The number of nitrogens with zero attached hydrogens (tertiary/aromatic N) is 4. The standard InChI is InChI=1S/C13H19ClN4O/c1-13(2,3)12(19)18-6-4-17(5-7-18)11-10(14)8-15-9-16-11/h8-9H,4-7H2,1-3H3. The molecule has 104 valence electrons. The van der Waals surface area contributed by atoms with Gasteiger partial charge in [-0.1, -0.05) is 32.4 Å². The van der Waals surface area contributed by atoms with Gasteiger partial charge in [-0.2, -0.15) is 0 Å². The lowest BCUT2D eigenvalue weighted by Gasteiger charge is -2.38. The second kappa shape index (κ2) is 5.33. The van der Waals surface area contributed by atoms with Crippen LogP contribution in [0.5, 0.6) is 0 Å². The summed E-state index contributed by atoms with van der Waals surface area (Å²) >= 11 is 6.08. The van der Waals surface area contributed by atoms with Crippen molar-refractivity contribution in [3.05, 3.63) is 17.5 Å². The molecule has 0 aromatic carbocycles. The predicted octanol–water partition coefficient (Wildman–Crippen LogP) is 1.82. The highest BCUT2D eigenvalue weighted by molar-refractivity contribution is 6.32. The van der Waals surface area contributed by atoms with E-state index < -0.39 is 0 Å². The third-order valence-corrected chi connectivity index (χ3v) is 3.42. The number of piperazine rings is 1. The molecule has 6 heteroatoms. The second-order valence-corrected chi connectivity index (χ2v) is 6.13. The summed E-state index contributed by atoms with van der Waals surface area (Å²) in [5, 5.41) is 0.554. The molecule has 19 heavy (non-hydrogen) atoms. The Bertz CT molecular complexity index is 464. The quantitative estimate of drug-likeness (QED) is 0.788. The third kappa shape index (κ3) is 3.15. The molecule has 0 bridgehead atoms. The monoisotopic (exact) mass is 282 g/mol. The maximum absolute atomic E-state index is 12.2. The predicted molar refractivity (Wildman–Crippen MR) is 75.3 cm³/mol. The number of aromatic nitrogens is 2. The number of hydrogen-bond donors (Lipinski definition) is 0. The number of amides is 1. The zero-order chi connectivity index (χ0) is 14.0. The van der Waals surface area contributed by atoms with E-state index in [2.05, 4.69) is 14.9 Å². The molecule has 1 fully saturated rings. The average molecular weight is 283 g/mol. The number of anilines is 1. The van der Waals surface area contributed by atoms with Crippen molar-refractivity contribution < 1.29 is 4.79 Å². The first-order chi connectivity index (χ1) is 8.89. The summed E-state index contributed by atoms with van der Waals surface area (Å²) in [5.74, 6) is 0.945. The van der Waals surface area contributed by atoms with Crippen LogP contribution >= 0.6 is 11.6 Å². The van der Waals surface area contributed by atoms with Crippen LogP contribution in [-0.4, -0.2) is 47.0 Å². The van der Waals surface area contributed by atoms with Crippen LogP contribution in [0.15, 0.2) is 12.5 Å². The summed E-state index contributed by atoms with van der Waals surface area (Å²) < 4.78 is 0. The Morgan fingerprint density at radius 1 is 1.26 bits per heavy atom. The van der Waals surface area contributed by atoms with Gasteiger partial charge in [-0.3, -0.25) is 4.79 Å². The molecule has 0 saturated carbocycles. The van der Waals surface area contributed by atoms with Gasteiger partial charge in [0.1, 0.15) is 11.3 Å². The van der Waals surface area contributed by atoms with Crippen molar-refractivity contribution in [1.82, 2.24) is 14.9 Å². The number of rotatable bonds is 1. The SMILES string of the molecule is CC(C)(C)C(=O)N1CCN(c2ncncc2Cl)CC1. The van der Waals surface area contributed by atoms with Gasteiger partial charge in [0, 0.05) is 31.6 Å². The molecule has 0 radical (unpaired) electrons. The van der Waals surface area contributed by atoms with Gasteiger partial charge in [0.2, 0.25) is 5.91 Å². The minimum atomic E-state index is -0.325. The molecule has 0 N–H and O–H groups in total. The Morgan fingerprint density at radius 3 is 2.42 bits per heavy atom. The maximum atomic E-state index is 12.2. The van der Waals surface area contributed by atoms with Crippen molar-refractivity contribution >= 4 is 23.3 Å². The highest BCUT2D eigenvalue weighted by Crippen LogP contribution is 2.24. The molecule has 1 aliphatic heterocycles. The topological polar surface area (TPSA) is 49.3 Å². The molecule has 2 heterocycles. The molecule has 1 aliphatic rings. The lowest BCUT2D eigenvalue weighted by atomic mass is 9.94. The second-order valence-electron chi connectivity index (χ2n) is 5.72. The van der Waals surface area contributed by atoms with Crippen LogP contribution in [0.4, 0.5) is 5.82 Å². The van der Waals surface area contributed by atoms with E-state index in [4.69, 9.17) is 11.6 Å². The van der Waals surface area contributed by atoms with Gasteiger partial charge < -0.3 is 9.80 Å². The van der Waals surface area contributed by atoms with Crippen molar-refractivity contribution in [3.8, 4) is 0 Å². The molecule has 5 nitrogen and oxygen atoms in total. The zero-order valence-electron chi connectivity index (χ0n) is 11.6. The van der Waals surface area contributed by atoms with Crippen LogP contribution in [-0.2, 0) is 4.79 Å². The van der Waals surface area contributed by atoms with E-state index in [0.29, 0.717) is 18.1 Å². The Balaban J connectivity index is 2.00. The zero-order valence-corrected chi connectivity index (χ0v) is 12.3. The summed E-state index contributed by atoms with van der Waals surface area (Å²) in [4.78, 5) is 24.3. The van der Waals surface area contributed by atoms with Crippen molar-refractivity contribution in [2.45, 2.75) is 20.8 Å². The van der Waals surface area contributed by atoms with Gasteiger partial charge >= 0.3 is 0 Å². The van der Waals surface area contributed by atoms with E-state index in [1.807, 2.05) is 25.7 Å². The van der Waals surface area contributed by atoms with Gasteiger partial charge in [-0.15, -0.1) is 0 Å². The molecule has 0 unspecified atom stereocenters. The molecule has 1 saturated heterocycles. The first-order valence-corrected chi connectivity index (χ1v) is 6.77. The summed E-state index contributed by atoms with van der Waals surface area (Å²) in [7, 11) is 0. The van der Waals surface area contributed by atoms with Crippen molar-refractivity contribution in [1.29, 1.82) is 0 Å². The Labute approximate surface area is 118 Å². The molecule has 1 aromatic heterocycles. The fourth-order valence-corrected chi connectivity index (χ4v) is 2.36.